The summed E-state index contributed by atoms with van der Waals surface area (Å²) in [6.07, 6.45) is 6.02. The SMILES string of the molecule is N#CS(=O)(=O)C1=CN=CC1(c1ccc(Cl)cc1)N1CCCCC1. The Morgan fingerprint density at radius 2 is 1.83 bits per heavy atom. The van der Waals surface area contributed by atoms with Crippen LogP contribution >= 0.6 is 11.6 Å². The fourth-order valence-electron chi connectivity index (χ4n) is 3.29. The summed E-state index contributed by atoms with van der Waals surface area (Å²) in [5, 5.41) is 11.1. The normalized spacial score (nSPS) is 25.1. The van der Waals surface area contributed by atoms with Gasteiger partial charge in [0.15, 0.2) is 5.40 Å². The van der Waals surface area contributed by atoms with Crippen molar-refractivity contribution in [2.45, 2.75) is 24.8 Å². The number of aliphatic imine (C=N–C) groups is 1. The van der Waals surface area contributed by atoms with E-state index in [4.69, 9.17) is 16.9 Å². The molecule has 0 amide bonds. The number of halogens is 1. The van der Waals surface area contributed by atoms with Crippen LogP contribution in [0.25, 0.3) is 0 Å². The number of thiocyanates is 1. The van der Waals surface area contributed by atoms with E-state index in [-0.39, 0.29) is 4.91 Å². The van der Waals surface area contributed by atoms with Crippen molar-refractivity contribution in [1.82, 2.24) is 4.90 Å². The van der Waals surface area contributed by atoms with Gasteiger partial charge in [-0.2, -0.15) is 5.26 Å². The van der Waals surface area contributed by atoms with Crippen molar-refractivity contribution in [1.29, 1.82) is 5.26 Å². The monoisotopic (exact) mass is 349 g/mol. The molecule has 1 fully saturated rings. The molecule has 1 saturated heterocycles. The highest BCUT2D eigenvalue weighted by Gasteiger charge is 2.48. The molecular weight excluding hydrogens is 334 g/mol. The maximum absolute atomic E-state index is 12.3. The third-order valence-corrected chi connectivity index (χ3v) is 5.87. The Morgan fingerprint density at radius 3 is 2.43 bits per heavy atom. The summed E-state index contributed by atoms with van der Waals surface area (Å²) in [5.74, 6) is 0. The number of rotatable bonds is 3. The molecule has 2 aliphatic rings. The van der Waals surface area contributed by atoms with Crippen LogP contribution < -0.4 is 0 Å². The molecule has 0 radical (unpaired) electrons. The highest BCUT2D eigenvalue weighted by molar-refractivity contribution is 7.99. The summed E-state index contributed by atoms with van der Waals surface area (Å²) >= 11 is 5.97. The van der Waals surface area contributed by atoms with Gasteiger partial charge < -0.3 is 0 Å². The van der Waals surface area contributed by atoms with Gasteiger partial charge in [0.05, 0.1) is 0 Å². The van der Waals surface area contributed by atoms with Gasteiger partial charge in [0.1, 0.15) is 10.4 Å². The van der Waals surface area contributed by atoms with Gasteiger partial charge >= 0.3 is 0 Å². The molecule has 2 aliphatic heterocycles. The van der Waals surface area contributed by atoms with E-state index in [9.17, 15) is 8.42 Å². The van der Waals surface area contributed by atoms with Crippen molar-refractivity contribution >= 4 is 27.7 Å². The first-order chi connectivity index (χ1) is 11.0. The Labute approximate surface area is 140 Å². The molecule has 3 rings (SSSR count). The maximum atomic E-state index is 12.3. The quantitative estimate of drug-likeness (QED) is 0.621. The van der Waals surface area contributed by atoms with Gasteiger partial charge in [-0.1, -0.05) is 30.2 Å². The van der Waals surface area contributed by atoms with Gasteiger partial charge in [-0.3, -0.25) is 9.89 Å². The van der Waals surface area contributed by atoms with Crippen LogP contribution in [0, 0.1) is 10.7 Å². The molecule has 0 saturated carbocycles. The molecule has 1 aromatic carbocycles. The van der Waals surface area contributed by atoms with Gasteiger partial charge in [-0.05, 0) is 43.6 Å². The van der Waals surface area contributed by atoms with Gasteiger partial charge in [0.25, 0.3) is 9.84 Å². The number of hydrogen-bond acceptors (Lipinski definition) is 5. The Hall–Kier alpha value is -1.68. The minimum atomic E-state index is -4.05. The highest BCUT2D eigenvalue weighted by atomic mass is 35.5. The molecule has 2 heterocycles. The lowest BCUT2D eigenvalue weighted by Gasteiger charge is -2.42. The third-order valence-electron chi connectivity index (χ3n) is 4.38. The average molecular weight is 350 g/mol. The molecule has 1 atom stereocenters. The van der Waals surface area contributed by atoms with Gasteiger partial charge in [-0.15, -0.1) is 0 Å². The molecule has 7 heteroatoms. The summed E-state index contributed by atoms with van der Waals surface area (Å²) in [6.45, 7) is 1.51. The van der Waals surface area contributed by atoms with Crippen molar-refractivity contribution in [2.75, 3.05) is 13.1 Å². The lowest BCUT2D eigenvalue weighted by molar-refractivity contribution is 0.155. The number of nitrogens with zero attached hydrogens (tertiary/aromatic N) is 3. The number of piperidine rings is 1. The van der Waals surface area contributed by atoms with Crippen LogP contribution in [0.5, 0.6) is 0 Å². The molecule has 0 aliphatic carbocycles. The predicted octanol–water partition coefficient (Wildman–Crippen LogP) is 2.84. The van der Waals surface area contributed by atoms with Crippen LogP contribution in [0.1, 0.15) is 24.8 Å². The van der Waals surface area contributed by atoms with E-state index >= 15 is 0 Å². The number of benzene rings is 1. The molecule has 1 aromatic rings. The lowest BCUT2D eigenvalue weighted by Crippen LogP contribution is -2.51. The average Bonchev–Trinajstić information content (AvgIpc) is 3.03. The van der Waals surface area contributed by atoms with Crippen molar-refractivity contribution in [3.8, 4) is 5.40 Å². The van der Waals surface area contributed by atoms with E-state index in [0.717, 1.165) is 37.9 Å². The van der Waals surface area contributed by atoms with Crippen LogP contribution in [0.4, 0.5) is 0 Å². The molecule has 0 aromatic heterocycles. The fraction of sp³-hybridized carbons (Fsp3) is 0.375. The van der Waals surface area contributed by atoms with Gasteiger partial charge in [-0.25, -0.2) is 8.42 Å². The Balaban J connectivity index is 2.19. The summed E-state index contributed by atoms with van der Waals surface area (Å²) in [7, 11) is -4.05. The van der Waals surface area contributed by atoms with Crippen LogP contribution in [-0.4, -0.2) is 32.6 Å². The number of nitriles is 1. The second-order valence-corrected chi connectivity index (χ2v) is 7.75. The van der Waals surface area contributed by atoms with Gasteiger partial charge in [0.2, 0.25) is 0 Å². The van der Waals surface area contributed by atoms with E-state index in [2.05, 4.69) is 9.89 Å². The number of sulfone groups is 1. The van der Waals surface area contributed by atoms with Crippen LogP contribution in [-0.2, 0) is 15.4 Å². The van der Waals surface area contributed by atoms with E-state index in [1.807, 2.05) is 0 Å². The third kappa shape index (κ3) is 2.69. The Morgan fingerprint density at radius 1 is 1.17 bits per heavy atom. The highest BCUT2D eigenvalue weighted by Crippen LogP contribution is 2.42. The zero-order chi connectivity index (χ0) is 16.5. The maximum Gasteiger partial charge on any atom is 0.270 e. The molecule has 0 bridgehead atoms. The van der Waals surface area contributed by atoms with Crippen molar-refractivity contribution in [2.24, 2.45) is 4.99 Å². The Bertz CT molecular complexity index is 803. The summed E-state index contributed by atoms with van der Waals surface area (Å²) < 4.78 is 24.7. The standard InChI is InChI=1S/C16H16ClN3O2S/c17-14-6-4-13(5-7-14)16(20-8-2-1-3-9-20)11-19-10-15(16)23(21,22)12-18/h4-7,10-11H,1-3,8-9H2. The van der Waals surface area contributed by atoms with Crippen LogP contribution in [0.3, 0.4) is 0 Å². The Kier molecular flexibility index (Phi) is 4.28. The van der Waals surface area contributed by atoms with Crippen LogP contribution in [0.2, 0.25) is 5.02 Å². The first-order valence-corrected chi connectivity index (χ1v) is 9.29. The zero-order valence-electron chi connectivity index (χ0n) is 12.4. The largest absolute Gasteiger partial charge is 0.285 e. The minimum Gasteiger partial charge on any atom is -0.285 e. The van der Waals surface area contributed by atoms with Crippen molar-refractivity contribution in [3.05, 3.63) is 46.0 Å². The summed E-state index contributed by atoms with van der Waals surface area (Å²) in [6, 6.07) is 7.06. The van der Waals surface area contributed by atoms with Crippen molar-refractivity contribution < 1.29 is 8.42 Å². The first kappa shape index (κ1) is 16.2. The number of hydrogen-bond donors (Lipinski definition) is 0. The predicted molar refractivity (Wildman–Crippen MR) is 89.7 cm³/mol. The fourth-order valence-corrected chi connectivity index (χ4v) is 4.42. The van der Waals surface area contributed by atoms with E-state index in [1.54, 1.807) is 30.5 Å². The topological polar surface area (TPSA) is 73.5 Å². The minimum absolute atomic E-state index is 0.0247. The molecule has 5 nitrogen and oxygen atoms in total. The molecule has 23 heavy (non-hydrogen) atoms. The van der Waals surface area contributed by atoms with E-state index in [1.165, 1.54) is 11.6 Å². The molecular formula is C16H16ClN3O2S. The summed E-state index contributed by atoms with van der Waals surface area (Å²) in [5.41, 5.74) is -0.255. The summed E-state index contributed by atoms with van der Waals surface area (Å²) in [4.78, 5) is 6.23. The smallest absolute Gasteiger partial charge is 0.270 e. The zero-order valence-corrected chi connectivity index (χ0v) is 14.0. The second-order valence-electron chi connectivity index (χ2n) is 5.69. The van der Waals surface area contributed by atoms with Gasteiger partial charge in [0, 0.05) is 17.4 Å². The second kappa shape index (κ2) is 6.08. The lowest BCUT2D eigenvalue weighted by atomic mass is 9.87. The van der Waals surface area contributed by atoms with Crippen molar-refractivity contribution in [3.63, 3.8) is 0 Å². The first-order valence-electron chi connectivity index (χ1n) is 7.43. The van der Waals surface area contributed by atoms with Crippen LogP contribution in [0.15, 0.2) is 40.4 Å². The molecule has 0 spiro atoms. The molecule has 120 valence electrons. The van der Waals surface area contributed by atoms with E-state index in [0.29, 0.717) is 5.02 Å². The van der Waals surface area contributed by atoms with E-state index < -0.39 is 15.4 Å². The molecule has 1 unspecified atom stereocenters. The number of likely N-dealkylation sites (tertiary alicyclic amines) is 1. The molecule has 0 N–H and O–H groups in total.